The van der Waals surface area contributed by atoms with E-state index in [0.717, 1.165) is 0 Å². The Bertz CT molecular complexity index is 889. The van der Waals surface area contributed by atoms with E-state index in [1.165, 1.54) is 17.2 Å². The summed E-state index contributed by atoms with van der Waals surface area (Å²) in [5, 5.41) is 22.7. The van der Waals surface area contributed by atoms with Gasteiger partial charge in [0.2, 0.25) is 5.91 Å². The number of imidazole rings is 1. The number of ether oxygens (including phenoxy) is 1. The number of nitrogens with one attached hydrogen (secondary N) is 1. The fourth-order valence-electron chi connectivity index (χ4n) is 3.24. The zero-order chi connectivity index (χ0) is 21.1. The van der Waals surface area contributed by atoms with Gasteiger partial charge in [0.05, 0.1) is 18.4 Å². The Hall–Kier alpha value is -2.87. The van der Waals surface area contributed by atoms with Gasteiger partial charge < -0.3 is 37.5 Å². The first-order valence-corrected chi connectivity index (χ1v) is 9.10. The van der Waals surface area contributed by atoms with Crippen LogP contribution < -0.4 is 22.5 Å². The number of rotatable bonds is 8. The van der Waals surface area contributed by atoms with Crippen LogP contribution >= 0.6 is 0 Å². The summed E-state index contributed by atoms with van der Waals surface area (Å²) >= 11 is 0. The van der Waals surface area contributed by atoms with Gasteiger partial charge in [-0.1, -0.05) is 6.42 Å². The highest BCUT2D eigenvalue weighted by Gasteiger charge is 2.49. The van der Waals surface area contributed by atoms with Crippen molar-refractivity contribution in [3.05, 3.63) is 12.7 Å². The lowest BCUT2D eigenvalue weighted by Crippen LogP contribution is -2.54. The molecule has 13 heteroatoms. The zero-order valence-corrected chi connectivity index (χ0v) is 15.5. The lowest BCUT2D eigenvalue weighted by molar-refractivity contribution is -0.152. The zero-order valence-electron chi connectivity index (χ0n) is 15.5. The lowest BCUT2D eigenvalue weighted by atomic mass is 10.0. The van der Waals surface area contributed by atoms with Crippen LogP contribution in [0.5, 0.6) is 0 Å². The number of hydrogen-bond acceptors (Lipinski definition) is 10. The third kappa shape index (κ3) is 4.12. The number of aromatic nitrogens is 4. The molecule has 158 valence electrons. The Morgan fingerprint density at radius 2 is 2.07 bits per heavy atom. The molecule has 1 aliphatic heterocycles. The Labute approximate surface area is 165 Å². The second-order valence-corrected chi connectivity index (χ2v) is 6.78. The van der Waals surface area contributed by atoms with Gasteiger partial charge in [-0.05, 0) is 19.4 Å². The predicted molar refractivity (Wildman–Crippen MR) is 100 cm³/mol. The number of aliphatic carboxylic acids is 1. The monoisotopic (exact) mass is 408 g/mol. The van der Waals surface area contributed by atoms with Gasteiger partial charge in [-0.2, -0.15) is 0 Å². The topological polar surface area (TPSA) is 218 Å². The van der Waals surface area contributed by atoms with Gasteiger partial charge in [0.1, 0.15) is 17.9 Å². The number of carboxylic acid groups (broad SMARTS) is 1. The number of carbonyl (C=O) groups is 2. The Morgan fingerprint density at radius 1 is 1.31 bits per heavy atom. The summed E-state index contributed by atoms with van der Waals surface area (Å²) in [7, 11) is 0. The maximum absolute atomic E-state index is 12.4. The molecule has 0 aromatic carbocycles. The quantitative estimate of drug-likeness (QED) is 0.255. The van der Waals surface area contributed by atoms with Crippen LogP contribution in [0.15, 0.2) is 12.7 Å². The first-order valence-electron chi connectivity index (χ1n) is 9.10. The summed E-state index contributed by atoms with van der Waals surface area (Å²) in [4.78, 5) is 36.0. The fourth-order valence-corrected chi connectivity index (χ4v) is 3.24. The number of hydrogen-bond donors (Lipinski definition) is 6. The highest BCUT2D eigenvalue weighted by Crippen LogP contribution is 2.32. The molecule has 5 unspecified atom stereocenters. The fraction of sp³-hybridized carbons (Fsp3) is 0.562. The van der Waals surface area contributed by atoms with E-state index in [1.807, 2.05) is 0 Å². The van der Waals surface area contributed by atoms with Crippen molar-refractivity contribution in [1.82, 2.24) is 24.8 Å². The summed E-state index contributed by atoms with van der Waals surface area (Å²) < 4.78 is 6.87. The number of nitrogen functional groups attached to an aromatic ring is 1. The average molecular weight is 408 g/mol. The van der Waals surface area contributed by atoms with Crippen molar-refractivity contribution in [2.75, 3.05) is 12.3 Å². The molecule has 13 nitrogen and oxygen atoms in total. The minimum Gasteiger partial charge on any atom is -0.479 e. The molecule has 0 radical (unpaired) electrons. The van der Waals surface area contributed by atoms with Crippen LogP contribution in [-0.4, -0.2) is 72.4 Å². The molecule has 0 spiro atoms. The number of nitrogens with two attached hydrogens (primary N) is 3. The highest BCUT2D eigenvalue weighted by atomic mass is 16.6. The molecule has 0 bridgehead atoms. The van der Waals surface area contributed by atoms with Crippen molar-refractivity contribution in [2.45, 2.75) is 49.8 Å². The van der Waals surface area contributed by atoms with Gasteiger partial charge >= 0.3 is 5.97 Å². The van der Waals surface area contributed by atoms with Gasteiger partial charge in [-0.25, -0.2) is 19.7 Å². The normalized spacial score (nSPS) is 25.2. The maximum Gasteiger partial charge on any atom is 0.335 e. The molecule has 1 fully saturated rings. The summed E-state index contributed by atoms with van der Waals surface area (Å²) in [6.45, 7) is 0.485. The Balaban J connectivity index is 1.80. The van der Waals surface area contributed by atoms with Crippen LogP contribution in [-0.2, 0) is 14.3 Å². The second kappa shape index (κ2) is 8.65. The number of anilines is 1. The van der Waals surface area contributed by atoms with Crippen molar-refractivity contribution in [1.29, 1.82) is 0 Å². The number of nitrogens with zero attached hydrogens (tertiary/aromatic N) is 4. The highest BCUT2D eigenvalue weighted by molar-refractivity contribution is 5.84. The lowest BCUT2D eigenvalue weighted by Gasteiger charge is -2.22. The van der Waals surface area contributed by atoms with Gasteiger partial charge in [-0.3, -0.25) is 9.36 Å². The van der Waals surface area contributed by atoms with Gasteiger partial charge in [-0.15, -0.1) is 0 Å². The molecule has 3 heterocycles. The van der Waals surface area contributed by atoms with Crippen LogP contribution in [0, 0.1) is 0 Å². The summed E-state index contributed by atoms with van der Waals surface area (Å²) in [5.41, 5.74) is 17.6. The molecule has 1 amide bonds. The van der Waals surface area contributed by atoms with E-state index in [1.54, 1.807) is 0 Å². The molecular weight excluding hydrogens is 384 g/mol. The van der Waals surface area contributed by atoms with Gasteiger partial charge in [0.25, 0.3) is 0 Å². The number of aliphatic hydroxyl groups excluding tert-OH is 1. The number of carbonyl (C=O) groups excluding carboxylic acids is 1. The molecular formula is C16H24N8O5. The smallest absolute Gasteiger partial charge is 0.335 e. The first kappa shape index (κ1) is 20.9. The molecule has 0 aliphatic carbocycles. The number of unbranched alkanes of at least 4 members (excludes halogenated alkanes) is 1. The third-order valence-corrected chi connectivity index (χ3v) is 4.79. The SMILES string of the molecule is NCCCCC(N)C(=O)NC1C(C(=O)O)OC(n2cnc3c(N)ncnc32)C1O. The second-order valence-electron chi connectivity index (χ2n) is 6.78. The molecule has 2 aromatic rings. The van der Waals surface area contributed by atoms with E-state index < -0.39 is 42.4 Å². The standard InChI is InChI=1S/C16H24N8O5/c17-4-2-1-3-7(18)14(26)23-8-10(25)15(29-11(8)16(27)28)24-6-22-9-12(19)20-5-21-13(9)24/h5-8,10-11,15,25H,1-4,17-18H2,(H,23,26)(H,27,28)(H2,19,20,21). The minimum absolute atomic E-state index is 0.129. The minimum atomic E-state index is -1.49. The molecule has 0 saturated carbocycles. The molecule has 29 heavy (non-hydrogen) atoms. The van der Waals surface area contributed by atoms with Crippen molar-refractivity contribution in [3.63, 3.8) is 0 Å². The van der Waals surface area contributed by atoms with Crippen LogP contribution in [0.25, 0.3) is 11.2 Å². The van der Waals surface area contributed by atoms with E-state index in [4.69, 9.17) is 21.9 Å². The maximum atomic E-state index is 12.4. The van der Waals surface area contributed by atoms with E-state index in [-0.39, 0.29) is 17.0 Å². The van der Waals surface area contributed by atoms with E-state index in [0.29, 0.717) is 25.8 Å². The molecule has 2 aromatic heterocycles. The molecule has 9 N–H and O–H groups in total. The van der Waals surface area contributed by atoms with Crippen LogP contribution in [0.4, 0.5) is 5.82 Å². The van der Waals surface area contributed by atoms with Crippen LogP contribution in [0.1, 0.15) is 25.5 Å². The predicted octanol–water partition coefficient (Wildman–Crippen LogP) is -2.31. The van der Waals surface area contributed by atoms with Crippen molar-refractivity contribution in [2.24, 2.45) is 11.5 Å². The number of aliphatic hydroxyl groups is 1. The molecule has 5 atom stereocenters. The van der Waals surface area contributed by atoms with Crippen molar-refractivity contribution in [3.8, 4) is 0 Å². The van der Waals surface area contributed by atoms with Crippen LogP contribution in [0.3, 0.4) is 0 Å². The molecule has 1 aliphatic rings. The number of fused-ring (bicyclic) bond motifs is 1. The van der Waals surface area contributed by atoms with E-state index in [9.17, 15) is 19.8 Å². The summed E-state index contributed by atoms with van der Waals surface area (Å²) in [6, 6.07) is -2.08. The van der Waals surface area contributed by atoms with Crippen molar-refractivity contribution < 1.29 is 24.5 Å². The Kier molecular flexibility index (Phi) is 6.22. The van der Waals surface area contributed by atoms with Crippen molar-refractivity contribution >= 4 is 28.9 Å². The average Bonchev–Trinajstić information content (AvgIpc) is 3.24. The molecule has 1 saturated heterocycles. The number of carboxylic acids is 1. The first-order chi connectivity index (χ1) is 13.8. The van der Waals surface area contributed by atoms with E-state index in [2.05, 4.69) is 20.3 Å². The third-order valence-electron chi connectivity index (χ3n) is 4.79. The van der Waals surface area contributed by atoms with Crippen LogP contribution in [0.2, 0.25) is 0 Å². The van der Waals surface area contributed by atoms with E-state index >= 15 is 0 Å². The number of amides is 1. The largest absolute Gasteiger partial charge is 0.479 e. The summed E-state index contributed by atoms with van der Waals surface area (Å²) in [5.74, 6) is -1.79. The summed E-state index contributed by atoms with van der Waals surface area (Å²) in [6.07, 6.45) is 0.231. The van der Waals surface area contributed by atoms with Gasteiger partial charge in [0.15, 0.2) is 23.8 Å². The molecule has 3 rings (SSSR count). The van der Waals surface area contributed by atoms with Gasteiger partial charge in [0, 0.05) is 0 Å². The Morgan fingerprint density at radius 3 is 2.76 bits per heavy atom.